The fraction of sp³-hybridized carbons (Fsp3) is 0.280. The number of anilines is 1. The van der Waals surface area contributed by atoms with Gasteiger partial charge < -0.3 is 9.64 Å². The third-order valence-corrected chi connectivity index (χ3v) is 8.79. The molecule has 1 heterocycles. The van der Waals surface area contributed by atoms with Crippen LogP contribution in [0.5, 0.6) is 0 Å². The van der Waals surface area contributed by atoms with Crippen molar-refractivity contribution in [3.05, 3.63) is 90.0 Å². The zero-order valence-electron chi connectivity index (χ0n) is 16.8. The predicted molar refractivity (Wildman–Crippen MR) is 121 cm³/mol. The topological polar surface area (TPSA) is 12.5 Å². The van der Waals surface area contributed by atoms with E-state index in [2.05, 4.69) is 97.6 Å². The fourth-order valence-corrected chi connectivity index (χ4v) is 7.29. The van der Waals surface area contributed by atoms with E-state index in [-0.39, 0.29) is 0 Å². The smallest absolute Gasteiger partial charge is 0.128 e. The fourth-order valence-electron chi connectivity index (χ4n) is 4.22. The third kappa shape index (κ3) is 4.06. The van der Waals surface area contributed by atoms with E-state index >= 15 is 0 Å². The lowest BCUT2D eigenvalue weighted by atomic mass is 10.0. The van der Waals surface area contributed by atoms with Crippen molar-refractivity contribution in [1.29, 1.82) is 0 Å². The number of hydrogen-bond donors (Lipinski definition) is 0. The first-order valence-electron chi connectivity index (χ1n) is 10.1. The molecule has 0 aliphatic carbocycles. The molecular formula is C25H28NOSi. The Balaban J connectivity index is 1.68. The maximum atomic E-state index is 5.51. The quantitative estimate of drug-likeness (QED) is 0.619. The highest BCUT2D eigenvalue weighted by Crippen LogP contribution is 2.27. The van der Waals surface area contributed by atoms with Crippen molar-refractivity contribution in [2.24, 2.45) is 0 Å². The van der Waals surface area contributed by atoms with Crippen molar-refractivity contribution >= 4 is 24.9 Å². The lowest BCUT2D eigenvalue weighted by molar-refractivity contribution is 0.122. The van der Waals surface area contributed by atoms with Crippen LogP contribution in [-0.4, -0.2) is 35.1 Å². The lowest BCUT2D eigenvalue weighted by Crippen LogP contribution is -2.46. The molecule has 3 heteroatoms. The zero-order valence-corrected chi connectivity index (χ0v) is 17.8. The van der Waals surface area contributed by atoms with Crippen molar-refractivity contribution in [3.8, 4) is 0 Å². The Morgan fingerprint density at radius 1 is 0.821 bits per heavy atom. The van der Waals surface area contributed by atoms with Crippen LogP contribution in [0.15, 0.2) is 78.9 Å². The Bertz CT molecular complexity index is 851. The molecule has 143 valence electrons. The number of ether oxygens (including phenoxy) is 1. The standard InChI is InChI=1S/C25H28NOSi/c1-20-19-22(26-15-17-27-18-16-26)13-14-25(20)21(2)28(23-9-5-3-6-10-23)24-11-7-4-8-12-24/h3-14,19,21H,15-18H2,1-2H3/t21-/m1/s1. The minimum Gasteiger partial charge on any atom is -0.378 e. The molecule has 1 aliphatic rings. The Morgan fingerprint density at radius 2 is 1.39 bits per heavy atom. The molecule has 0 bridgehead atoms. The van der Waals surface area contributed by atoms with Gasteiger partial charge in [0.05, 0.1) is 13.2 Å². The van der Waals surface area contributed by atoms with E-state index in [4.69, 9.17) is 4.74 Å². The van der Waals surface area contributed by atoms with E-state index in [1.807, 2.05) is 0 Å². The van der Waals surface area contributed by atoms with Crippen LogP contribution in [0.2, 0.25) is 0 Å². The molecule has 28 heavy (non-hydrogen) atoms. The van der Waals surface area contributed by atoms with Crippen molar-refractivity contribution < 1.29 is 4.74 Å². The molecule has 4 rings (SSSR count). The van der Waals surface area contributed by atoms with Gasteiger partial charge in [-0.25, -0.2) is 0 Å². The minimum absolute atomic E-state index is 0.494. The summed E-state index contributed by atoms with van der Waals surface area (Å²) in [6, 6.07) is 29.1. The number of aryl methyl sites for hydroxylation is 1. The van der Waals surface area contributed by atoms with Crippen LogP contribution in [0.1, 0.15) is 23.6 Å². The molecule has 3 aromatic carbocycles. The van der Waals surface area contributed by atoms with Crippen LogP contribution in [0.3, 0.4) is 0 Å². The van der Waals surface area contributed by atoms with Gasteiger partial charge in [0.1, 0.15) is 8.80 Å². The molecule has 2 nitrogen and oxygen atoms in total. The summed E-state index contributed by atoms with van der Waals surface area (Å²) in [5, 5.41) is 2.95. The molecule has 0 saturated carbocycles. The molecule has 1 aliphatic heterocycles. The summed E-state index contributed by atoms with van der Waals surface area (Å²) in [4.78, 5) is 2.44. The van der Waals surface area contributed by atoms with Crippen LogP contribution in [0, 0.1) is 6.92 Å². The highest BCUT2D eigenvalue weighted by molar-refractivity contribution is 6.86. The summed E-state index contributed by atoms with van der Waals surface area (Å²) in [6.45, 7) is 8.30. The summed E-state index contributed by atoms with van der Waals surface area (Å²) >= 11 is 0. The molecule has 0 unspecified atom stereocenters. The van der Waals surface area contributed by atoms with E-state index in [9.17, 15) is 0 Å². The predicted octanol–water partition coefficient (Wildman–Crippen LogP) is 3.78. The average molecular weight is 387 g/mol. The largest absolute Gasteiger partial charge is 0.378 e. The van der Waals surface area contributed by atoms with Crippen molar-refractivity contribution in [3.63, 3.8) is 0 Å². The maximum absolute atomic E-state index is 5.51. The van der Waals surface area contributed by atoms with Gasteiger partial charge in [0, 0.05) is 18.8 Å². The van der Waals surface area contributed by atoms with E-state index in [0.29, 0.717) is 5.54 Å². The highest BCUT2D eigenvalue weighted by Gasteiger charge is 2.26. The monoisotopic (exact) mass is 386 g/mol. The molecule has 0 amide bonds. The molecule has 1 radical (unpaired) electrons. The molecule has 3 aromatic rings. The van der Waals surface area contributed by atoms with Gasteiger partial charge in [-0.15, -0.1) is 0 Å². The number of nitrogens with zero attached hydrogens (tertiary/aromatic N) is 1. The highest BCUT2D eigenvalue weighted by atomic mass is 28.3. The summed E-state index contributed by atoms with van der Waals surface area (Å²) in [6.07, 6.45) is 0. The van der Waals surface area contributed by atoms with Gasteiger partial charge in [-0.2, -0.15) is 0 Å². The minimum atomic E-state index is -0.922. The van der Waals surface area contributed by atoms with Gasteiger partial charge in [0.25, 0.3) is 0 Å². The van der Waals surface area contributed by atoms with Gasteiger partial charge in [-0.3, -0.25) is 0 Å². The van der Waals surface area contributed by atoms with Crippen molar-refractivity contribution in [1.82, 2.24) is 0 Å². The first kappa shape index (κ1) is 19.0. The Kier molecular flexibility index (Phi) is 5.94. The Labute approximate surface area is 170 Å². The lowest BCUT2D eigenvalue weighted by Gasteiger charge is -2.30. The van der Waals surface area contributed by atoms with Gasteiger partial charge in [0.15, 0.2) is 0 Å². The number of morpholine rings is 1. The van der Waals surface area contributed by atoms with E-state index in [0.717, 1.165) is 26.3 Å². The number of benzene rings is 3. The molecule has 0 N–H and O–H groups in total. The van der Waals surface area contributed by atoms with Crippen LogP contribution >= 0.6 is 0 Å². The Hall–Kier alpha value is -2.36. The zero-order chi connectivity index (χ0) is 19.3. The molecule has 0 aromatic heterocycles. The van der Waals surface area contributed by atoms with Gasteiger partial charge >= 0.3 is 0 Å². The van der Waals surface area contributed by atoms with Crippen molar-refractivity contribution in [2.45, 2.75) is 19.4 Å². The number of rotatable bonds is 5. The van der Waals surface area contributed by atoms with E-state index in [1.54, 1.807) is 0 Å². The molecule has 1 atom stereocenters. The van der Waals surface area contributed by atoms with Crippen LogP contribution in [0.25, 0.3) is 0 Å². The second-order valence-corrected chi connectivity index (χ2v) is 10.4. The number of hydrogen-bond acceptors (Lipinski definition) is 2. The Morgan fingerprint density at radius 3 is 1.93 bits per heavy atom. The molecule has 1 saturated heterocycles. The van der Waals surface area contributed by atoms with Crippen molar-refractivity contribution in [2.75, 3.05) is 31.2 Å². The summed E-state index contributed by atoms with van der Waals surface area (Å²) in [7, 11) is -0.922. The van der Waals surface area contributed by atoms with Gasteiger partial charge in [0.2, 0.25) is 0 Å². The second kappa shape index (κ2) is 8.76. The van der Waals surface area contributed by atoms with Crippen LogP contribution in [0.4, 0.5) is 5.69 Å². The van der Waals surface area contributed by atoms with Crippen LogP contribution in [-0.2, 0) is 4.74 Å². The maximum Gasteiger partial charge on any atom is 0.128 e. The van der Waals surface area contributed by atoms with E-state index < -0.39 is 8.80 Å². The van der Waals surface area contributed by atoms with Crippen LogP contribution < -0.4 is 15.3 Å². The summed E-state index contributed by atoms with van der Waals surface area (Å²) in [5.74, 6) is 0. The normalized spacial score (nSPS) is 15.6. The van der Waals surface area contributed by atoms with Gasteiger partial charge in [-0.05, 0) is 35.7 Å². The molecular weight excluding hydrogens is 358 g/mol. The third-order valence-electron chi connectivity index (χ3n) is 5.70. The van der Waals surface area contributed by atoms with E-state index in [1.165, 1.54) is 27.2 Å². The summed E-state index contributed by atoms with van der Waals surface area (Å²) in [5.41, 5.74) is 4.68. The first-order chi connectivity index (χ1) is 13.7. The molecule has 1 fully saturated rings. The SMILES string of the molecule is Cc1cc(N2CCOCC2)ccc1[C@@H](C)[Si](c1ccccc1)c1ccccc1. The molecule has 0 spiro atoms. The average Bonchev–Trinajstić information content (AvgIpc) is 2.76. The first-order valence-corrected chi connectivity index (χ1v) is 11.7. The second-order valence-electron chi connectivity index (χ2n) is 7.51. The van der Waals surface area contributed by atoms with Gasteiger partial charge in [-0.1, -0.05) is 84.0 Å². The summed E-state index contributed by atoms with van der Waals surface area (Å²) < 4.78 is 5.51.